The van der Waals surface area contributed by atoms with Crippen molar-refractivity contribution in [2.45, 2.75) is 79.1 Å². The molecular formula is C28H53N7O10. The van der Waals surface area contributed by atoms with Crippen molar-refractivity contribution in [1.82, 2.24) is 36.4 Å². The van der Waals surface area contributed by atoms with Crippen LogP contribution in [0.25, 0.3) is 0 Å². The predicted octanol–water partition coefficient (Wildman–Crippen LogP) is 1.07. The van der Waals surface area contributed by atoms with Crippen LogP contribution in [-0.4, -0.2) is 133 Å². The van der Waals surface area contributed by atoms with Gasteiger partial charge in [0.25, 0.3) is 0 Å². The Balaban J connectivity index is 5.15. The molecule has 17 heteroatoms. The molecule has 0 aromatic rings. The number of hydrogen-bond acceptors (Lipinski definition) is 10. The third-order valence-electron chi connectivity index (χ3n) is 5.07. The van der Waals surface area contributed by atoms with Gasteiger partial charge in [-0.1, -0.05) is 0 Å². The van der Waals surface area contributed by atoms with Gasteiger partial charge in [0.1, 0.15) is 16.8 Å². The topological polar surface area (TPSA) is 217 Å². The van der Waals surface area contributed by atoms with E-state index in [9.17, 15) is 28.8 Å². The van der Waals surface area contributed by atoms with Crippen LogP contribution in [0.15, 0.2) is 0 Å². The molecule has 0 aliphatic heterocycles. The summed E-state index contributed by atoms with van der Waals surface area (Å²) in [6, 6.07) is 0. The summed E-state index contributed by atoms with van der Waals surface area (Å²) < 4.78 is 15.6. The third kappa shape index (κ3) is 24.0. The molecule has 0 heterocycles. The van der Waals surface area contributed by atoms with E-state index in [1.165, 1.54) is 9.80 Å². The number of rotatable bonds is 16. The van der Waals surface area contributed by atoms with Crippen LogP contribution in [-0.2, 0) is 23.8 Å². The fourth-order valence-corrected chi connectivity index (χ4v) is 3.34. The summed E-state index contributed by atoms with van der Waals surface area (Å²) in [5, 5.41) is 21.5. The Bertz CT molecular complexity index is 954. The molecule has 6 N–H and O–H groups in total. The second-order valence-corrected chi connectivity index (χ2v) is 12.9. The van der Waals surface area contributed by atoms with Gasteiger partial charge in [0, 0.05) is 52.4 Å². The van der Waals surface area contributed by atoms with E-state index in [4.69, 9.17) is 19.3 Å². The van der Waals surface area contributed by atoms with Gasteiger partial charge in [0.05, 0.1) is 13.1 Å². The minimum atomic E-state index is -1.25. The second-order valence-electron chi connectivity index (χ2n) is 12.9. The second kappa shape index (κ2) is 19.4. The zero-order chi connectivity index (χ0) is 34.8. The molecule has 0 saturated carbocycles. The van der Waals surface area contributed by atoms with E-state index in [1.54, 1.807) is 62.3 Å². The first-order chi connectivity index (χ1) is 20.6. The number of nitrogens with zero attached hydrogens (tertiary/aromatic N) is 2. The van der Waals surface area contributed by atoms with Gasteiger partial charge in [-0.3, -0.25) is 14.9 Å². The highest BCUT2D eigenvalue weighted by molar-refractivity contribution is 5.81. The third-order valence-corrected chi connectivity index (χ3v) is 5.07. The van der Waals surface area contributed by atoms with E-state index in [0.717, 1.165) is 0 Å². The van der Waals surface area contributed by atoms with Gasteiger partial charge >= 0.3 is 24.4 Å². The first kappa shape index (κ1) is 41.0. The van der Waals surface area contributed by atoms with Crippen molar-refractivity contribution in [3.05, 3.63) is 0 Å². The molecule has 0 radical (unpaired) electrons. The summed E-state index contributed by atoms with van der Waals surface area (Å²) in [6.45, 7) is 15.4. The maximum absolute atomic E-state index is 13.0. The molecule has 45 heavy (non-hydrogen) atoms. The first-order valence-electron chi connectivity index (χ1n) is 14.7. The molecule has 0 spiro atoms. The molecule has 0 rings (SSSR count). The highest BCUT2D eigenvalue weighted by atomic mass is 16.6. The quantitative estimate of drug-likeness (QED) is 0.130. The molecule has 260 valence electrons. The molecule has 0 aliphatic rings. The highest BCUT2D eigenvalue weighted by Gasteiger charge is 2.21. The summed E-state index contributed by atoms with van der Waals surface area (Å²) in [5.74, 6) is -0.851. The van der Waals surface area contributed by atoms with Gasteiger partial charge in [-0.2, -0.15) is 0 Å². The van der Waals surface area contributed by atoms with Crippen LogP contribution in [0.5, 0.6) is 0 Å². The van der Waals surface area contributed by atoms with Crippen LogP contribution >= 0.6 is 0 Å². The van der Waals surface area contributed by atoms with E-state index in [0.29, 0.717) is 0 Å². The maximum Gasteiger partial charge on any atom is 0.407 e. The van der Waals surface area contributed by atoms with Crippen LogP contribution < -0.4 is 26.6 Å². The summed E-state index contributed by atoms with van der Waals surface area (Å²) in [4.78, 5) is 75.4. The lowest BCUT2D eigenvalue weighted by molar-refractivity contribution is -0.131. The number of hydrogen-bond donors (Lipinski definition) is 6. The predicted molar refractivity (Wildman–Crippen MR) is 165 cm³/mol. The molecule has 0 bridgehead atoms. The smallest absolute Gasteiger partial charge is 0.407 e. The van der Waals surface area contributed by atoms with Gasteiger partial charge < -0.3 is 50.4 Å². The van der Waals surface area contributed by atoms with E-state index in [2.05, 4.69) is 26.6 Å². The molecule has 0 aromatic heterocycles. The van der Waals surface area contributed by atoms with Crippen LogP contribution in [0, 0.1) is 0 Å². The maximum atomic E-state index is 13.0. The first-order valence-corrected chi connectivity index (χ1v) is 14.7. The minimum Gasteiger partial charge on any atom is -0.465 e. The lowest BCUT2D eigenvalue weighted by atomic mass is 10.2. The minimum absolute atomic E-state index is 0.0234. The van der Waals surface area contributed by atoms with Crippen LogP contribution in [0.2, 0.25) is 0 Å². The van der Waals surface area contributed by atoms with Gasteiger partial charge in [-0.15, -0.1) is 0 Å². The Morgan fingerprint density at radius 1 is 0.511 bits per heavy atom. The van der Waals surface area contributed by atoms with Crippen molar-refractivity contribution < 1.29 is 48.1 Å². The molecule has 0 aromatic carbocycles. The van der Waals surface area contributed by atoms with Crippen molar-refractivity contribution >= 4 is 36.2 Å². The van der Waals surface area contributed by atoms with E-state index in [-0.39, 0.29) is 65.4 Å². The Hall–Kier alpha value is -4.02. The SMILES string of the molecule is CC(C)(C)OC(=O)NCCN(CCNC(=O)O)C(=O)CNCC(=O)N(CCNC(=O)OC(C)(C)C)CCNC(=O)OC(C)(C)C. The molecular weight excluding hydrogens is 594 g/mol. The molecule has 17 nitrogen and oxygen atoms in total. The number of carbonyl (C=O) groups is 6. The van der Waals surface area contributed by atoms with Gasteiger partial charge in [0.2, 0.25) is 11.8 Å². The number of ether oxygens (including phenoxy) is 3. The Morgan fingerprint density at radius 2 is 0.778 bits per heavy atom. The van der Waals surface area contributed by atoms with Crippen LogP contribution in [0.4, 0.5) is 19.2 Å². The fraction of sp³-hybridized carbons (Fsp3) is 0.786. The normalized spacial score (nSPS) is 11.5. The van der Waals surface area contributed by atoms with Crippen LogP contribution in [0.3, 0.4) is 0 Å². The molecule has 0 atom stereocenters. The van der Waals surface area contributed by atoms with Crippen LogP contribution in [0.1, 0.15) is 62.3 Å². The number of amides is 6. The van der Waals surface area contributed by atoms with Crippen molar-refractivity contribution in [1.29, 1.82) is 0 Å². The van der Waals surface area contributed by atoms with Gasteiger partial charge in [-0.25, -0.2) is 19.2 Å². The summed E-state index contributed by atoms with van der Waals surface area (Å²) >= 11 is 0. The number of carboxylic acid groups (broad SMARTS) is 1. The Morgan fingerprint density at radius 3 is 1.02 bits per heavy atom. The molecule has 0 saturated heterocycles. The average molecular weight is 648 g/mol. The number of carbonyl (C=O) groups excluding carboxylic acids is 5. The van der Waals surface area contributed by atoms with E-state index in [1.807, 2.05) is 0 Å². The standard InChI is InChI=1S/C28H53N7O10/c1-26(2,3)43-23(40)31-11-15-34(14-10-30-22(38)39)20(36)18-29-19-21(37)35(16-12-32-24(41)44-27(4,5)6)17-13-33-25(42)45-28(7,8)9/h29-30H,10-19H2,1-9H3,(H,31,40)(H,32,41)(H,33,42)(H,38,39). The number of nitrogens with one attached hydrogen (secondary N) is 5. The monoisotopic (exact) mass is 647 g/mol. The van der Waals surface area contributed by atoms with E-state index >= 15 is 0 Å². The van der Waals surface area contributed by atoms with Crippen molar-refractivity contribution in [2.24, 2.45) is 0 Å². The lowest BCUT2D eigenvalue weighted by Crippen LogP contribution is -2.49. The highest BCUT2D eigenvalue weighted by Crippen LogP contribution is 2.08. The van der Waals surface area contributed by atoms with E-state index < -0.39 is 53.0 Å². The Labute approximate surface area is 265 Å². The molecule has 0 unspecified atom stereocenters. The van der Waals surface area contributed by atoms with Crippen molar-refractivity contribution in [3.63, 3.8) is 0 Å². The molecule has 6 amide bonds. The zero-order valence-electron chi connectivity index (χ0n) is 28.1. The lowest BCUT2D eigenvalue weighted by Gasteiger charge is -2.26. The van der Waals surface area contributed by atoms with Gasteiger partial charge in [0.15, 0.2) is 0 Å². The Kier molecular flexibility index (Phi) is 17.7. The largest absolute Gasteiger partial charge is 0.465 e. The summed E-state index contributed by atoms with van der Waals surface area (Å²) in [7, 11) is 0. The number of alkyl carbamates (subject to hydrolysis) is 3. The summed E-state index contributed by atoms with van der Waals surface area (Å²) in [6.07, 6.45) is -3.21. The van der Waals surface area contributed by atoms with Crippen molar-refractivity contribution in [2.75, 3.05) is 65.4 Å². The molecule has 0 aliphatic carbocycles. The fourth-order valence-electron chi connectivity index (χ4n) is 3.34. The zero-order valence-corrected chi connectivity index (χ0v) is 28.1. The van der Waals surface area contributed by atoms with Gasteiger partial charge in [-0.05, 0) is 62.3 Å². The van der Waals surface area contributed by atoms with Crippen molar-refractivity contribution in [3.8, 4) is 0 Å². The summed E-state index contributed by atoms with van der Waals surface area (Å²) in [5.41, 5.74) is -2.10. The molecule has 0 fully saturated rings. The average Bonchev–Trinajstić information content (AvgIpc) is 2.83.